The summed E-state index contributed by atoms with van der Waals surface area (Å²) in [6.07, 6.45) is 20.4. The van der Waals surface area contributed by atoms with E-state index in [4.69, 9.17) is 0 Å². The number of thioether (sulfide) groups is 1. The Labute approximate surface area is 207 Å². The van der Waals surface area contributed by atoms with Crippen molar-refractivity contribution >= 4 is 39.9 Å². The highest BCUT2D eigenvalue weighted by molar-refractivity contribution is 8.18. The third kappa shape index (κ3) is 5.10. The monoisotopic (exact) mass is 476 g/mol. The van der Waals surface area contributed by atoms with Gasteiger partial charge in [-0.2, -0.15) is 0 Å². The van der Waals surface area contributed by atoms with Crippen LogP contribution >= 0.6 is 11.8 Å². The van der Waals surface area contributed by atoms with Gasteiger partial charge in [0.25, 0.3) is 11.1 Å². The van der Waals surface area contributed by atoms with E-state index in [0.717, 1.165) is 34.7 Å². The van der Waals surface area contributed by atoms with Gasteiger partial charge in [0.15, 0.2) is 0 Å². The van der Waals surface area contributed by atoms with Crippen LogP contribution < -0.4 is 0 Å². The number of carbonyl (C=O) groups is 2. The molecule has 2 amide bonds. The van der Waals surface area contributed by atoms with Crippen LogP contribution in [0.4, 0.5) is 4.79 Å². The number of carbonyl (C=O) groups excluding carboxylic acids is 2. The van der Waals surface area contributed by atoms with Crippen LogP contribution in [-0.2, 0) is 4.79 Å². The second kappa shape index (κ2) is 10.6. The molecule has 0 N–H and O–H groups in total. The summed E-state index contributed by atoms with van der Waals surface area (Å²) in [7, 11) is 1.54. The van der Waals surface area contributed by atoms with E-state index in [0.29, 0.717) is 10.8 Å². The van der Waals surface area contributed by atoms with Crippen LogP contribution in [0.5, 0.6) is 0 Å². The van der Waals surface area contributed by atoms with Gasteiger partial charge in [0.1, 0.15) is 0 Å². The largest absolute Gasteiger partial charge is 0.293 e. The molecular weight excluding hydrogens is 440 g/mol. The molecule has 3 fully saturated rings. The number of likely N-dealkylation sites (N-methyl/N-ethyl adjacent to an activating group) is 1. The third-order valence-corrected chi connectivity index (χ3v) is 9.27. The molecule has 0 radical (unpaired) electrons. The first-order chi connectivity index (χ1) is 16.6. The second-order valence-electron chi connectivity index (χ2n) is 10.5. The number of hydrogen-bond acceptors (Lipinski definition) is 4. The van der Waals surface area contributed by atoms with E-state index in [9.17, 15) is 9.59 Å². The molecule has 4 nitrogen and oxygen atoms in total. The minimum absolute atomic E-state index is 0.210. The average Bonchev–Trinajstić information content (AvgIpc) is 2.99. The number of aromatic nitrogens is 1. The highest BCUT2D eigenvalue weighted by Gasteiger charge is 2.32. The van der Waals surface area contributed by atoms with E-state index in [1.165, 1.54) is 92.9 Å². The van der Waals surface area contributed by atoms with Gasteiger partial charge >= 0.3 is 0 Å². The van der Waals surface area contributed by atoms with E-state index in [2.05, 4.69) is 23.2 Å². The lowest BCUT2D eigenvalue weighted by Gasteiger charge is -2.30. The standard InChI is InChI=1S/C29H36N2O2S/c1-31-28(32)27(34-29(31)33)18-20-13-14-26-25(17-20)24(15-16-30-26)23-12-8-7-11-22(19-23)21-9-5-3-2-4-6-10-21/h13-18,21-23H,2-12,19H2,1H3. The lowest BCUT2D eigenvalue weighted by atomic mass is 9.75. The van der Waals surface area contributed by atoms with Crippen molar-refractivity contribution in [3.05, 3.63) is 46.5 Å². The summed E-state index contributed by atoms with van der Waals surface area (Å²) in [4.78, 5) is 30.6. The summed E-state index contributed by atoms with van der Waals surface area (Å²) in [6.45, 7) is 0. The maximum absolute atomic E-state index is 12.4. The highest BCUT2D eigenvalue weighted by atomic mass is 32.2. The van der Waals surface area contributed by atoms with Crippen molar-refractivity contribution in [2.24, 2.45) is 11.8 Å². The fraction of sp³-hybridized carbons (Fsp3) is 0.552. The summed E-state index contributed by atoms with van der Waals surface area (Å²) in [6, 6.07) is 8.48. The lowest BCUT2D eigenvalue weighted by Crippen LogP contribution is -2.22. The van der Waals surface area contributed by atoms with Gasteiger partial charge in [-0.1, -0.05) is 70.3 Å². The van der Waals surface area contributed by atoms with E-state index in [-0.39, 0.29) is 11.1 Å². The van der Waals surface area contributed by atoms with Crippen molar-refractivity contribution in [2.45, 2.75) is 83.0 Å². The zero-order chi connectivity index (χ0) is 23.5. The van der Waals surface area contributed by atoms with Crippen LogP contribution in [-0.4, -0.2) is 28.1 Å². The predicted octanol–water partition coefficient (Wildman–Crippen LogP) is 7.93. The number of imide groups is 1. The number of benzene rings is 1. The van der Waals surface area contributed by atoms with Gasteiger partial charge in [0.05, 0.1) is 10.4 Å². The van der Waals surface area contributed by atoms with Crippen LogP contribution in [0.3, 0.4) is 0 Å². The Morgan fingerprint density at radius 3 is 2.38 bits per heavy atom. The second-order valence-corrected chi connectivity index (χ2v) is 11.5. The smallest absolute Gasteiger partial charge is 0.272 e. The number of nitrogens with zero attached hydrogens (tertiary/aromatic N) is 2. The Kier molecular flexibility index (Phi) is 7.38. The quantitative estimate of drug-likeness (QED) is 0.333. The molecular formula is C29H36N2O2S. The zero-order valence-electron chi connectivity index (χ0n) is 20.3. The van der Waals surface area contributed by atoms with Crippen molar-refractivity contribution in [3.8, 4) is 0 Å². The molecule has 180 valence electrons. The molecule has 2 atom stereocenters. The zero-order valence-corrected chi connectivity index (χ0v) is 21.1. The van der Waals surface area contributed by atoms with Gasteiger partial charge in [0.2, 0.25) is 0 Å². The predicted molar refractivity (Wildman–Crippen MR) is 141 cm³/mol. The van der Waals surface area contributed by atoms with Crippen LogP contribution in [0, 0.1) is 11.8 Å². The fourth-order valence-corrected chi connectivity index (χ4v) is 7.22. The molecule has 2 aliphatic carbocycles. The van der Waals surface area contributed by atoms with Gasteiger partial charge in [0, 0.05) is 18.6 Å². The first kappa shape index (κ1) is 23.6. The van der Waals surface area contributed by atoms with Crippen molar-refractivity contribution in [1.82, 2.24) is 9.88 Å². The van der Waals surface area contributed by atoms with Crippen molar-refractivity contribution in [1.29, 1.82) is 0 Å². The molecule has 5 rings (SSSR count). The molecule has 0 bridgehead atoms. The van der Waals surface area contributed by atoms with E-state index < -0.39 is 0 Å². The van der Waals surface area contributed by atoms with Crippen molar-refractivity contribution in [3.63, 3.8) is 0 Å². The van der Waals surface area contributed by atoms with Crippen LogP contribution in [0.25, 0.3) is 17.0 Å². The Hall–Kier alpha value is -2.14. The lowest BCUT2D eigenvalue weighted by molar-refractivity contribution is -0.121. The number of rotatable bonds is 3. The van der Waals surface area contributed by atoms with Gasteiger partial charge in [-0.15, -0.1) is 0 Å². The maximum Gasteiger partial charge on any atom is 0.293 e. The minimum Gasteiger partial charge on any atom is -0.272 e. The Bertz CT molecular complexity index is 1090. The normalized spacial score (nSPS) is 26.6. The summed E-state index contributed by atoms with van der Waals surface area (Å²) < 4.78 is 0. The molecule has 1 aromatic carbocycles. The Morgan fingerprint density at radius 1 is 0.912 bits per heavy atom. The van der Waals surface area contributed by atoms with Gasteiger partial charge in [-0.3, -0.25) is 19.5 Å². The third-order valence-electron chi connectivity index (χ3n) is 8.30. The minimum atomic E-state index is -0.215. The SMILES string of the molecule is CN1C(=O)SC(=Cc2ccc3nccc(C4CCCCC(C5CCCCCCC5)C4)c3c2)C1=O. The molecule has 34 heavy (non-hydrogen) atoms. The molecule has 2 unspecified atom stereocenters. The Balaban J connectivity index is 1.43. The first-order valence-electron chi connectivity index (χ1n) is 13.2. The average molecular weight is 477 g/mol. The molecule has 5 heteroatoms. The van der Waals surface area contributed by atoms with Crippen molar-refractivity contribution in [2.75, 3.05) is 7.05 Å². The van der Waals surface area contributed by atoms with Crippen LogP contribution in [0.15, 0.2) is 35.4 Å². The van der Waals surface area contributed by atoms with Crippen LogP contribution in [0.2, 0.25) is 0 Å². The number of hydrogen-bond donors (Lipinski definition) is 0. The first-order valence-corrected chi connectivity index (χ1v) is 14.0. The Morgan fingerprint density at radius 2 is 1.62 bits per heavy atom. The van der Waals surface area contributed by atoms with E-state index in [1.54, 1.807) is 7.05 Å². The summed E-state index contributed by atoms with van der Waals surface area (Å²) in [5.74, 6) is 2.09. The molecule has 2 saturated carbocycles. The molecule has 0 spiro atoms. The topological polar surface area (TPSA) is 50.3 Å². The molecule has 3 aliphatic rings. The summed E-state index contributed by atoms with van der Waals surface area (Å²) in [5, 5.41) is 0.994. The molecule has 1 aliphatic heterocycles. The molecule has 1 saturated heterocycles. The fourth-order valence-electron chi connectivity index (χ4n) is 6.40. The van der Waals surface area contributed by atoms with Crippen LogP contribution in [0.1, 0.15) is 94.1 Å². The molecule has 2 heterocycles. The molecule has 2 aromatic rings. The van der Waals surface area contributed by atoms with Gasteiger partial charge in [-0.25, -0.2) is 0 Å². The summed E-state index contributed by atoms with van der Waals surface area (Å²) in [5.41, 5.74) is 3.40. The van der Waals surface area contributed by atoms with E-state index in [1.807, 2.05) is 18.3 Å². The van der Waals surface area contributed by atoms with Gasteiger partial charge < -0.3 is 0 Å². The van der Waals surface area contributed by atoms with Gasteiger partial charge in [-0.05, 0) is 77.8 Å². The van der Waals surface area contributed by atoms with Crippen molar-refractivity contribution < 1.29 is 9.59 Å². The number of amides is 2. The maximum atomic E-state index is 12.4. The highest BCUT2D eigenvalue weighted by Crippen LogP contribution is 2.43. The van der Waals surface area contributed by atoms with E-state index >= 15 is 0 Å². The number of fused-ring (bicyclic) bond motifs is 1. The summed E-state index contributed by atoms with van der Waals surface area (Å²) >= 11 is 1.02. The number of pyridine rings is 1. The molecule has 1 aromatic heterocycles.